The predicted octanol–water partition coefficient (Wildman–Crippen LogP) is 5.38. The molecule has 2 aliphatic heterocycles. The van der Waals surface area contributed by atoms with E-state index in [4.69, 9.17) is 0 Å². The molecule has 5 rings (SSSR count). The molecule has 3 aromatic rings. The Kier molecular flexibility index (Phi) is 6.75. The smallest absolute Gasteiger partial charge is 0.254 e. The molecule has 4 heteroatoms. The van der Waals surface area contributed by atoms with E-state index in [2.05, 4.69) is 48.5 Å². The van der Waals surface area contributed by atoms with Crippen LogP contribution in [0.15, 0.2) is 84.9 Å². The number of benzene rings is 3. The van der Waals surface area contributed by atoms with Crippen LogP contribution in [0.5, 0.6) is 0 Å². The van der Waals surface area contributed by atoms with E-state index in [1.54, 1.807) is 0 Å². The summed E-state index contributed by atoms with van der Waals surface area (Å²) in [5.41, 5.74) is 3.87. The number of hydrogen-bond donors (Lipinski definition) is 0. The van der Waals surface area contributed by atoms with E-state index >= 15 is 0 Å². The fraction of sp³-hybridized carbons (Fsp3) is 0.333. The van der Waals surface area contributed by atoms with Crippen molar-refractivity contribution < 1.29 is 9.59 Å². The topological polar surface area (TPSA) is 40.6 Å². The van der Waals surface area contributed by atoms with Gasteiger partial charge in [0, 0.05) is 36.3 Å². The van der Waals surface area contributed by atoms with E-state index in [-0.39, 0.29) is 23.9 Å². The zero-order valence-electron chi connectivity index (χ0n) is 19.6. The minimum atomic E-state index is 0.0700. The third kappa shape index (κ3) is 4.91. The summed E-state index contributed by atoms with van der Waals surface area (Å²) in [6, 6.07) is 28.6. The number of hydrogen-bond acceptors (Lipinski definition) is 2. The zero-order valence-corrected chi connectivity index (χ0v) is 19.6. The molecule has 2 fully saturated rings. The molecule has 0 radical (unpaired) electrons. The Labute approximate surface area is 202 Å². The second-order valence-corrected chi connectivity index (χ2v) is 9.55. The van der Waals surface area contributed by atoms with Crippen molar-refractivity contribution in [1.29, 1.82) is 0 Å². The minimum absolute atomic E-state index is 0.0700. The number of likely N-dealkylation sites (tertiary alicyclic amines) is 2. The van der Waals surface area contributed by atoms with Crippen molar-refractivity contribution in [1.82, 2.24) is 9.80 Å². The fourth-order valence-electron chi connectivity index (χ4n) is 5.49. The van der Waals surface area contributed by atoms with E-state index in [9.17, 15) is 9.59 Å². The predicted molar refractivity (Wildman–Crippen MR) is 135 cm³/mol. The molecule has 2 heterocycles. The number of carbonyl (C=O) groups is 2. The van der Waals surface area contributed by atoms with Crippen LogP contribution in [-0.4, -0.2) is 46.8 Å². The van der Waals surface area contributed by atoms with Crippen LogP contribution >= 0.6 is 0 Å². The van der Waals surface area contributed by atoms with Gasteiger partial charge in [-0.2, -0.15) is 0 Å². The lowest BCUT2D eigenvalue weighted by atomic mass is 10.0. The van der Waals surface area contributed by atoms with Crippen LogP contribution in [0.2, 0.25) is 0 Å². The van der Waals surface area contributed by atoms with E-state index in [0.29, 0.717) is 11.1 Å². The van der Waals surface area contributed by atoms with E-state index < -0.39 is 0 Å². The summed E-state index contributed by atoms with van der Waals surface area (Å²) in [7, 11) is 0. The molecular weight excluding hydrogens is 420 g/mol. The molecule has 0 saturated carbocycles. The van der Waals surface area contributed by atoms with Gasteiger partial charge in [-0.3, -0.25) is 9.59 Å². The van der Waals surface area contributed by atoms with Crippen molar-refractivity contribution in [2.24, 2.45) is 0 Å². The molecular formula is C30H32N2O2. The Hall–Kier alpha value is -3.40. The molecule has 0 N–H and O–H groups in total. The van der Waals surface area contributed by atoms with Gasteiger partial charge in [0.1, 0.15) is 0 Å². The maximum atomic E-state index is 13.3. The van der Waals surface area contributed by atoms with Crippen molar-refractivity contribution in [2.75, 3.05) is 13.1 Å². The van der Waals surface area contributed by atoms with Crippen LogP contribution < -0.4 is 0 Å². The summed E-state index contributed by atoms with van der Waals surface area (Å²) in [6.45, 7) is 1.60. The van der Waals surface area contributed by atoms with Crippen LogP contribution in [0, 0.1) is 0 Å². The van der Waals surface area contributed by atoms with Gasteiger partial charge in [0.25, 0.3) is 11.8 Å². The maximum absolute atomic E-state index is 13.3. The Balaban J connectivity index is 1.25. The van der Waals surface area contributed by atoms with E-state index in [1.807, 2.05) is 46.2 Å². The quantitative estimate of drug-likeness (QED) is 0.504. The Morgan fingerprint density at radius 3 is 1.35 bits per heavy atom. The summed E-state index contributed by atoms with van der Waals surface area (Å²) >= 11 is 0. The van der Waals surface area contributed by atoms with Gasteiger partial charge in [-0.05, 0) is 73.9 Å². The van der Waals surface area contributed by atoms with Crippen LogP contribution in [0.3, 0.4) is 0 Å². The van der Waals surface area contributed by atoms with Gasteiger partial charge in [-0.1, -0.05) is 60.7 Å². The van der Waals surface area contributed by atoms with Crippen molar-refractivity contribution in [3.63, 3.8) is 0 Å². The van der Waals surface area contributed by atoms with Crippen LogP contribution in [0.4, 0.5) is 0 Å². The van der Waals surface area contributed by atoms with Gasteiger partial charge in [-0.25, -0.2) is 0 Å². The standard InChI is InChI=1S/C30H32N2O2/c33-29(31-19-7-13-27(31)21-23-9-3-1-4-10-23)25-15-17-26(18-16-25)30(34)32-20-8-14-28(32)22-24-11-5-2-6-12-24/h1-6,9-12,15-18,27-28H,7-8,13-14,19-22H2. The highest BCUT2D eigenvalue weighted by atomic mass is 16.2. The maximum Gasteiger partial charge on any atom is 0.254 e. The second-order valence-electron chi connectivity index (χ2n) is 9.55. The highest BCUT2D eigenvalue weighted by Gasteiger charge is 2.31. The Bertz CT molecular complexity index is 1020. The van der Waals surface area contributed by atoms with Crippen molar-refractivity contribution >= 4 is 11.8 Å². The number of carbonyl (C=O) groups excluding carboxylic acids is 2. The molecule has 3 aromatic carbocycles. The first-order valence-electron chi connectivity index (χ1n) is 12.5. The lowest BCUT2D eigenvalue weighted by Gasteiger charge is -2.26. The average molecular weight is 453 g/mol. The number of nitrogens with zero attached hydrogens (tertiary/aromatic N) is 2. The minimum Gasteiger partial charge on any atom is -0.335 e. The van der Waals surface area contributed by atoms with Crippen molar-refractivity contribution in [2.45, 2.75) is 50.6 Å². The van der Waals surface area contributed by atoms with Gasteiger partial charge in [0.2, 0.25) is 0 Å². The molecule has 2 saturated heterocycles. The highest BCUT2D eigenvalue weighted by Crippen LogP contribution is 2.26. The first-order valence-corrected chi connectivity index (χ1v) is 12.5. The zero-order chi connectivity index (χ0) is 23.3. The van der Waals surface area contributed by atoms with Gasteiger partial charge < -0.3 is 9.80 Å². The lowest BCUT2D eigenvalue weighted by Crippen LogP contribution is -2.37. The summed E-state index contributed by atoms with van der Waals surface area (Å²) in [5, 5.41) is 0. The molecule has 174 valence electrons. The summed E-state index contributed by atoms with van der Waals surface area (Å²) in [6.07, 6.45) is 5.93. The normalized spacial score (nSPS) is 20.0. The van der Waals surface area contributed by atoms with E-state index in [0.717, 1.165) is 51.6 Å². The second kappa shape index (κ2) is 10.3. The highest BCUT2D eigenvalue weighted by molar-refractivity contribution is 5.98. The molecule has 0 spiro atoms. The first kappa shape index (κ1) is 22.4. The van der Waals surface area contributed by atoms with Crippen LogP contribution in [0.1, 0.15) is 57.5 Å². The molecule has 2 aliphatic rings. The Morgan fingerprint density at radius 2 is 0.971 bits per heavy atom. The third-order valence-electron chi connectivity index (χ3n) is 7.28. The van der Waals surface area contributed by atoms with Crippen LogP contribution in [0.25, 0.3) is 0 Å². The van der Waals surface area contributed by atoms with Gasteiger partial charge in [0.05, 0.1) is 0 Å². The number of amides is 2. The van der Waals surface area contributed by atoms with Gasteiger partial charge in [-0.15, -0.1) is 0 Å². The average Bonchev–Trinajstić information content (AvgIpc) is 3.54. The molecule has 2 amide bonds. The molecule has 34 heavy (non-hydrogen) atoms. The largest absolute Gasteiger partial charge is 0.335 e. The van der Waals surface area contributed by atoms with Crippen molar-refractivity contribution in [3.8, 4) is 0 Å². The third-order valence-corrected chi connectivity index (χ3v) is 7.28. The molecule has 4 nitrogen and oxygen atoms in total. The summed E-state index contributed by atoms with van der Waals surface area (Å²) in [4.78, 5) is 30.6. The molecule has 0 aromatic heterocycles. The first-order chi connectivity index (χ1) is 16.7. The monoisotopic (exact) mass is 452 g/mol. The molecule has 0 aliphatic carbocycles. The fourth-order valence-corrected chi connectivity index (χ4v) is 5.49. The van der Waals surface area contributed by atoms with Gasteiger partial charge >= 0.3 is 0 Å². The summed E-state index contributed by atoms with van der Waals surface area (Å²) in [5.74, 6) is 0.140. The van der Waals surface area contributed by atoms with Crippen LogP contribution in [-0.2, 0) is 12.8 Å². The van der Waals surface area contributed by atoms with Crippen molar-refractivity contribution in [3.05, 3.63) is 107 Å². The molecule has 0 bridgehead atoms. The number of rotatable bonds is 6. The molecule has 2 atom stereocenters. The molecule has 2 unspecified atom stereocenters. The van der Waals surface area contributed by atoms with E-state index in [1.165, 1.54) is 11.1 Å². The summed E-state index contributed by atoms with van der Waals surface area (Å²) < 4.78 is 0. The Morgan fingerprint density at radius 1 is 0.588 bits per heavy atom. The lowest BCUT2D eigenvalue weighted by molar-refractivity contribution is 0.0724. The van der Waals surface area contributed by atoms with Gasteiger partial charge in [0.15, 0.2) is 0 Å². The SMILES string of the molecule is O=C(c1ccc(C(=O)N2CCCC2Cc2ccccc2)cc1)N1CCCC1Cc1ccccc1.